The smallest absolute Gasteiger partial charge is 0.0372 e. The van der Waals surface area contributed by atoms with E-state index in [9.17, 15) is 0 Å². The van der Waals surface area contributed by atoms with Gasteiger partial charge in [0.1, 0.15) is 0 Å². The van der Waals surface area contributed by atoms with E-state index in [1.165, 1.54) is 18.4 Å². The summed E-state index contributed by atoms with van der Waals surface area (Å²) in [6.45, 7) is 7.63. The molecule has 0 amide bonds. The third-order valence-corrected chi connectivity index (χ3v) is 3.68. The number of nitrogens with one attached hydrogen (secondary N) is 1. The summed E-state index contributed by atoms with van der Waals surface area (Å²) < 4.78 is 0. The zero-order valence-corrected chi connectivity index (χ0v) is 10.5. The summed E-state index contributed by atoms with van der Waals surface area (Å²) in [6, 6.07) is 4.97. The lowest BCUT2D eigenvalue weighted by Crippen LogP contribution is -2.42. The maximum absolute atomic E-state index is 4.30. The van der Waals surface area contributed by atoms with E-state index >= 15 is 0 Å². The molecule has 16 heavy (non-hydrogen) atoms. The van der Waals surface area contributed by atoms with Gasteiger partial charge in [0.25, 0.3) is 0 Å². The van der Waals surface area contributed by atoms with Crippen LogP contribution in [0.2, 0.25) is 0 Å². The number of nitrogens with zero attached hydrogens (tertiary/aromatic N) is 1. The van der Waals surface area contributed by atoms with Crippen LogP contribution in [0, 0.1) is 18.8 Å². The van der Waals surface area contributed by atoms with Gasteiger partial charge in [-0.1, -0.05) is 19.9 Å². The molecule has 0 saturated heterocycles. The first-order chi connectivity index (χ1) is 7.65. The monoisotopic (exact) mass is 218 g/mol. The zero-order chi connectivity index (χ0) is 11.5. The van der Waals surface area contributed by atoms with E-state index in [-0.39, 0.29) is 0 Å². The van der Waals surface area contributed by atoms with Crippen molar-refractivity contribution in [2.24, 2.45) is 11.8 Å². The van der Waals surface area contributed by atoms with Crippen LogP contribution in [0.15, 0.2) is 18.3 Å². The first kappa shape index (κ1) is 11.6. The molecule has 1 heterocycles. The first-order valence-electron chi connectivity index (χ1n) is 6.30. The SMILES string of the molecule is Cc1ccc(CNC2CC(C(C)C)C2)cn1. The molecular weight excluding hydrogens is 196 g/mol. The van der Waals surface area contributed by atoms with Crippen molar-refractivity contribution < 1.29 is 0 Å². The van der Waals surface area contributed by atoms with Crippen molar-refractivity contribution in [3.05, 3.63) is 29.6 Å². The predicted octanol–water partition coefficient (Wildman–Crippen LogP) is 2.91. The summed E-state index contributed by atoms with van der Waals surface area (Å²) in [6.07, 6.45) is 4.66. The van der Waals surface area contributed by atoms with Crippen molar-refractivity contribution >= 4 is 0 Å². The lowest BCUT2D eigenvalue weighted by molar-refractivity contribution is 0.167. The van der Waals surface area contributed by atoms with Crippen LogP contribution in [0.5, 0.6) is 0 Å². The van der Waals surface area contributed by atoms with Crippen molar-refractivity contribution in [1.82, 2.24) is 10.3 Å². The van der Waals surface area contributed by atoms with E-state index in [0.717, 1.165) is 30.1 Å². The fourth-order valence-corrected chi connectivity index (χ4v) is 2.24. The van der Waals surface area contributed by atoms with Crippen molar-refractivity contribution in [3.63, 3.8) is 0 Å². The van der Waals surface area contributed by atoms with Gasteiger partial charge in [0, 0.05) is 24.5 Å². The Morgan fingerprint density at radius 2 is 2.12 bits per heavy atom. The Bertz CT molecular complexity index is 323. The quantitative estimate of drug-likeness (QED) is 0.840. The van der Waals surface area contributed by atoms with E-state index in [1.54, 1.807) is 0 Å². The predicted molar refractivity (Wildman–Crippen MR) is 67.2 cm³/mol. The molecule has 0 aliphatic heterocycles. The van der Waals surface area contributed by atoms with E-state index in [0.29, 0.717) is 0 Å². The molecule has 1 N–H and O–H groups in total. The number of pyridine rings is 1. The van der Waals surface area contributed by atoms with Crippen LogP contribution in [0.1, 0.15) is 37.9 Å². The Balaban J connectivity index is 1.71. The fourth-order valence-electron chi connectivity index (χ4n) is 2.24. The second kappa shape index (κ2) is 4.96. The van der Waals surface area contributed by atoms with Crippen molar-refractivity contribution in [2.45, 2.75) is 46.2 Å². The molecule has 88 valence electrons. The van der Waals surface area contributed by atoms with Gasteiger partial charge in [-0.05, 0) is 43.2 Å². The molecule has 0 aromatic carbocycles. The van der Waals surface area contributed by atoms with Crippen LogP contribution in [-0.2, 0) is 6.54 Å². The lowest BCUT2D eigenvalue weighted by atomic mass is 9.73. The summed E-state index contributed by atoms with van der Waals surface area (Å²) in [7, 11) is 0. The molecular formula is C14H22N2. The molecule has 2 heteroatoms. The Morgan fingerprint density at radius 1 is 1.38 bits per heavy atom. The average molecular weight is 218 g/mol. The second-order valence-electron chi connectivity index (χ2n) is 5.36. The highest BCUT2D eigenvalue weighted by atomic mass is 14.9. The van der Waals surface area contributed by atoms with Crippen LogP contribution in [0.25, 0.3) is 0 Å². The number of hydrogen-bond donors (Lipinski definition) is 1. The average Bonchev–Trinajstić information content (AvgIpc) is 2.18. The molecule has 1 aliphatic carbocycles. The molecule has 2 rings (SSSR count). The third kappa shape index (κ3) is 2.82. The Kier molecular flexibility index (Phi) is 3.59. The van der Waals surface area contributed by atoms with Gasteiger partial charge in [-0.25, -0.2) is 0 Å². The van der Waals surface area contributed by atoms with Gasteiger partial charge in [-0.15, -0.1) is 0 Å². The zero-order valence-electron chi connectivity index (χ0n) is 10.5. The van der Waals surface area contributed by atoms with Gasteiger partial charge in [-0.2, -0.15) is 0 Å². The molecule has 1 aromatic rings. The highest BCUT2D eigenvalue weighted by Crippen LogP contribution is 2.33. The van der Waals surface area contributed by atoms with Crippen molar-refractivity contribution in [2.75, 3.05) is 0 Å². The second-order valence-corrected chi connectivity index (χ2v) is 5.36. The van der Waals surface area contributed by atoms with Crippen molar-refractivity contribution in [3.8, 4) is 0 Å². The summed E-state index contributed by atoms with van der Waals surface area (Å²) in [5, 5.41) is 3.60. The molecule has 0 spiro atoms. The van der Waals surface area contributed by atoms with Gasteiger partial charge in [0.05, 0.1) is 0 Å². The van der Waals surface area contributed by atoms with E-state index in [1.807, 2.05) is 13.1 Å². The number of rotatable bonds is 4. The molecule has 1 fully saturated rings. The summed E-state index contributed by atoms with van der Waals surface area (Å²) in [5.74, 6) is 1.78. The van der Waals surface area contributed by atoms with Crippen LogP contribution < -0.4 is 5.32 Å². The molecule has 0 atom stereocenters. The molecule has 0 radical (unpaired) electrons. The highest BCUT2D eigenvalue weighted by molar-refractivity contribution is 5.13. The minimum atomic E-state index is 0.730. The van der Waals surface area contributed by atoms with Crippen LogP contribution in [0.3, 0.4) is 0 Å². The minimum absolute atomic E-state index is 0.730. The van der Waals surface area contributed by atoms with E-state index in [4.69, 9.17) is 0 Å². The molecule has 2 nitrogen and oxygen atoms in total. The molecule has 0 unspecified atom stereocenters. The summed E-state index contributed by atoms with van der Waals surface area (Å²) >= 11 is 0. The molecule has 1 aromatic heterocycles. The fraction of sp³-hybridized carbons (Fsp3) is 0.643. The Morgan fingerprint density at radius 3 is 2.69 bits per heavy atom. The van der Waals surface area contributed by atoms with Crippen LogP contribution in [-0.4, -0.2) is 11.0 Å². The van der Waals surface area contributed by atoms with Crippen LogP contribution in [0.4, 0.5) is 0 Å². The standard InChI is InChI=1S/C14H22N2/c1-10(2)13-6-14(7-13)16-9-12-5-4-11(3)15-8-12/h4-5,8,10,13-14,16H,6-7,9H2,1-3H3. The molecule has 1 saturated carbocycles. The maximum atomic E-state index is 4.30. The van der Waals surface area contributed by atoms with Crippen LogP contribution >= 0.6 is 0 Å². The van der Waals surface area contributed by atoms with Gasteiger partial charge in [0.15, 0.2) is 0 Å². The molecule has 0 bridgehead atoms. The topological polar surface area (TPSA) is 24.9 Å². The van der Waals surface area contributed by atoms with E-state index in [2.05, 4.69) is 36.3 Å². The third-order valence-electron chi connectivity index (χ3n) is 3.68. The van der Waals surface area contributed by atoms with Gasteiger partial charge in [-0.3, -0.25) is 4.98 Å². The maximum Gasteiger partial charge on any atom is 0.0372 e. The van der Waals surface area contributed by atoms with E-state index < -0.39 is 0 Å². The highest BCUT2D eigenvalue weighted by Gasteiger charge is 2.30. The first-order valence-corrected chi connectivity index (χ1v) is 6.30. The lowest BCUT2D eigenvalue weighted by Gasteiger charge is -2.38. The van der Waals surface area contributed by atoms with Gasteiger partial charge < -0.3 is 5.32 Å². The molecule has 1 aliphatic rings. The summed E-state index contributed by atoms with van der Waals surface area (Å²) in [5.41, 5.74) is 2.38. The van der Waals surface area contributed by atoms with Gasteiger partial charge >= 0.3 is 0 Å². The number of hydrogen-bond acceptors (Lipinski definition) is 2. The summed E-state index contributed by atoms with van der Waals surface area (Å²) in [4.78, 5) is 4.30. The number of aryl methyl sites for hydroxylation is 1. The largest absolute Gasteiger partial charge is 0.310 e. The normalized spacial score (nSPS) is 24.5. The van der Waals surface area contributed by atoms with Crippen molar-refractivity contribution in [1.29, 1.82) is 0 Å². The Hall–Kier alpha value is -0.890. The Labute approximate surface area is 98.5 Å². The number of aromatic nitrogens is 1. The van der Waals surface area contributed by atoms with Gasteiger partial charge in [0.2, 0.25) is 0 Å². The minimum Gasteiger partial charge on any atom is -0.310 e.